The van der Waals surface area contributed by atoms with Gasteiger partial charge in [-0.2, -0.15) is 0 Å². The second-order valence-corrected chi connectivity index (χ2v) is 3.92. The number of amides is 1. The van der Waals surface area contributed by atoms with Gasteiger partial charge in [-0.3, -0.25) is 0 Å². The van der Waals surface area contributed by atoms with Crippen LogP contribution in [0.1, 0.15) is 18.1 Å². The number of rotatable bonds is 0. The van der Waals surface area contributed by atoms with Gasteiger partial charge in [0, 0.05) is 12.6 Å². The quantitative estimate of drug-likeness (QED) is 0.649. The molecule has 0 N–H and O–H groups in total. The van der Waals surface area contributed by atoms with Crippen LogP contribution >= 0.6 is 0 Å². The summed E-state index contributed by atoms with van der Waals surface area (Å²) in [4.78, 5) is 13.3. The fourth-order valence-corrected chi connectivity index (χ4v) is 2.04. The maximum Gasteiger partial charge on any atom is 0.410 e. The van der Waals surface area contributed by atoms with Gasteiger partial charge in [-0.1, -0.05) is 24.3 Å². The zero-order valence-electron chi connectivity index (χ0n) is 9.06. The molecule has 2 rings (SSSR count). The number of hydrogen-bond acceptors (Lipinski definition) is 2. The van der Waals surface area contributed by atoms with Crippen LogP contribution in [-0.2, 0) is 17.7 Å². The molecule has 3 heteroatoms. The number of hydrogen-bond donors (Lipinski definition) is 0. The van der Waals surface area contributed by atoms with Gasteiger partial charge in [0.05, 0.1) is 7.11 Å². The molecule has 0 bridgehead atoms. The zero-order valence-corrected chi connectivity index (χ0v) is 9.06. The Hall–Kier alpha value is -1.51. The van der Waals surface area contributed by atoms with Crippen molar-refractivity contribution in [3.05, 3.63) is 35.4 Å². The van der Waals surface area contributed by atoms with Crippen LogP contribution in [0.2, 0.25) is 0 Å². The number of carbonyl (C=O) groups excluding carboxylic acids is 1. The minimum absolute atomic E-state index is 0.215. The number of nitrogens with zero attached hydrogens (tertiary/aromatic N) is 1. The number of fused-ring (bicyclic) bond motifs is 1. The molecule has 0 fully saturated rings. The molecule has 1 atom stereocenters. The summed E-state index contributed by atoms with van der Waals surface area (Å²) in [7, 11) is 1.43. The topological polar surface area (TPSA) is 29.5 Å². The molecule has 0 radical (unpaired) electrons. The van der Waals surface area contributed by atoms with Gasteiger partial charge in [-0.05, 0) is 24.5 Å². The van der Waals surface area contributed by atoms with Gasteiger partial charge >= 0.3 is 6.09 Å². The van der Waals surface area contributed by atoms with E-state index in [1.54, 1.807) is 4.90 Å². The van der Waals surface area contributed by atoms with Crippen molar-refractivity contribution in [2.24, 2.45) is 0 Å². The van der Waals surface area contributed by atoms with E-state index in [1.165, 1.54) is 18.2 Å². The molecule has 1 heterocycles. The first kappa shape index (κ1) is 10.0. The summed E-state index contributed by atoms with van der Waals surface area (Å²) in [5, 5.41) is 0. The maximum absolute atomic E-state index is 11.5. The Morgan fingerprint density at radius 1 is 1.40 bits per heavy atom. The van der Waals surface area contributed by atoms with Crippen molar-refractivity contribution in [1.29, 1.82) is 0 Å². The summed E-state index contributed by atoms with van der Waals surface area (Å²) in [5.74, 6) is 0. The third-order valence-corrected chi connectivity index (χ3v) is 2.92. The van der Waals surface area contributed by atoms with E-state index < -0.39 is 0 Å². The summed E-state index contributed by atoms with van der Waals surface area (Å²) in [5.41, 5.74) is 2.56. The highest BCUT2D eigenvalue weighted by Crippen LogP contribution is 2.23. The lowest BCUT2D eigenvalue weighted by atomic mass is 9.95. The van der Waals surface area contributed by atoms with Crippen LogP contribution in [0.5, 0.6) is 0 Å². The summed E-state index contributed by atoms with van der Waals surface area (Å²) in [6, 6.07) is 8.45. The largest absolute Gasteiger partial charge is 0.453 e. The lowest BCUT2D eigenvalue weighted by Crippen LogP contribution is -2.42. The average Bonchev–Trinajstić information content (AvgIpc) is 2.27. The first-order chi connectivity index (χ1) is 7.22. The standard InChI is InChI=1S/C12H15NO2/c1-9-7-10-5-3-4-6-11(10)8-13(9)12(14)15-2/h3-6,9H,7-8H2,1-2H3. The van der Waals surface area contributed by atoms with E-state index in [0.717, 1.165) is 6.42 Å². The Bertz CT molecular complexity index is 376. The Balaban J connectivity index is 2.25. The SMILES string of the molecule is COC(=O)N1Cc2ccccc2CC1C. The highest BCUT2D eigenvalue weighted by Gasteiger charge is 2.26. The number of ether oxygens (including phenoxy) is 1. The Kier molecular flexibility index (Phi) is 2.62. The van der Waals surface area contributed by atoms with Crippen LogP contribution in [0.15, 0.2) is 24.3 Å². The molecule has 80 valence electrons. The first-order valence-electron chi connectivity index (χ1n) is 5.13. The molecule has 0 aromatic heterocycles. The second-order valence-electron chi connectivity index (χ2n) is 3.92. The minimum Gasteiger partial charge on any atom is -0.453 e. The van der Waals surface area contributed by atoms with E-state index in [4.69, 9.17) is 4.74 Å². The van der Waals surface area contributed by atoms with E-state index in [1.807, 2.05) is 19.1 Å². The van der Waals surface area contributed by atoms with E-state index >= 15 is 0 Å². The molecule has 0 aliphatic carbocycles. The lowest BCUT2D eigenvalue weighted by molar-refractivity contribution is 0.100. The lowest BCUT2D eigenvalue weighted by Gasteiger charge is -2.33. The van der Waals surface area contributed by atoms with E-state index in [0.29, 0.717) is 6.54 Å². The van der Waals surface area contributed by atoms with Gasteiger partial charge in [0.25, 0.3) is 0 Å². The first-order valence-corrected chi connectivity index (χ1v) is 5.13. The van der Waals surface area contributed by atoms with E-state index in [2.05, 4.69) is 12.1 Å². The summed E-state index contributed by atoms with van der Waals surface area (Å²) >= 11 is 0. The predicted molar refractivity (Wildman–Crippen MR) is 57.6 cm³/mol. The van der Waals surface area contributed by atoms with Crippen molar-refractivity contribution in [3.63, 3.8) is 0 Å². The van der Waals surface area contributed by atoms with E-state index in [-0.39, 0.29) is 12.1 Å². The highest BCUT2D eigenvalue weighted by atomic mass is 16.5. The molecule has 0 saturated heterocycles. The molecule has 1 aliphatic rings. The molecular formula is C12H15NO2. The van der Waals surface area contributed by atoms with E-state index in [9.17, 15) is 4.79 Å². The predicted octanol–water partition coefficient (Wildman–Crippen LogP) is 2.20. The van der Waals surface area contributed by atoms with Crippen LogP contribution in [0.4, 0.5) is 4.79 Å². The van der Waals surface area contributed by atoms with Crippen molar-refractivity contribution < 1.29 is 9.53 Å². The fourth-order valence-electron chi connectivity index (χ4n) is 2.04. The smallest absolute Gasteiger partial charge is 0.410 e. The average molecular weight is 205 g/mol. The van der Waals surface area contributed by atoms with Crippen LogP contribution in [0, 0.1) is 0 Å². The third-order valence-electron chi connectivity index (χ3n) is 2.92. The van der Waals surface area contributed by atoms with Gasteiger partial charge in [0.1, 0.15) is 0 Å². The van der Waals surface area contributed by atoms with Crippen molar-refractivity contribution in [2.45, 2.75) is 25.9 Å². The number of benzene rings is 1. The Labute approximate surface area is 89.7 Å². The summed E-state index contributed by atoms with van der Waals surface area (Å²) in [6.07, 6.45) is 0.669. The second kappa shape index (κ2) is 3.93. The Morgan fingerprint density at radius 3 is 2.73 bits per heavy atom. The molecule has 1 unspecified atom stereocenters. The molecule has 1 amide bonds. The number of methoxy groups -OCH3 is 1. The van der Waals surface area contributed by atoms with Gasteiger partial charge < -0.3 is 9.64 Å². The zero-order chi connectivity index (χ0) is 10.8. The van der Waals surface area contributed by atoms with Gasteiger partial charge in [-0.15, -0.1) is 0 Å². The molecule has 3 nitrogen and oxygen atoms in total. The van der Waals surface area contributed by atoms with Crippen LogP contribution in [0.3, 0.4) is 0 Å². The monoisotopic (exact) mass is 205 g/mol. The molecule has 1 aromatic rings. The Morgan fingerprint density at radius 2 is 2.07 bits per heavy atom. The van der Waals surface area contributed by atoms with Crippen LogP contribution in [0.25, 0.3) is 0 Å². The van der Waals surface area contributed by atoms with Crippen molar-refractivity contribution in [2.75, 3.05) is 7.11 Å². The molecule has 0 spiro atoms. The highest BCUT2D eigenvalue weighted by molar-refractivity contribution is 5.68. The molecule has 1 aromatic carbocycles. The summed E-state index contributed by atoms with van der Waals surface area (Å²) < 4.78 is 4.76. The van der Waals surface area contributed by atoms with Crippen LogP contribution in [-0.4, -0.2) is 24.1 Å². The normalized spacial score (nSPS) is 19.6. The van der Waals surface area contributed by atoms with Crippen molar-refractivity contribution in [1.82, 2.24) is 4.90 Å². The summed E-state index contributed by atoms with van der Waals surface area (Å²) in [6.45, 7) is 2.71. The van der Waals surface area contributed by atoms with Gasteiger partial charge in [0.2, 0.25) is 0 Å². The van der Waals surface area contributed by atoms with Gasteiger partial charge in [-0.25, -0.2) is 4.79 Å². The molecular weight excluding hydrogens is 190 g/mol. The maximum atomic E-state index is 11.5. The van der Waals surface area contributed by atoms with Crippen molar-refractivity contribution in [3.8, 4) is 0 Å². The fraction of sp³-hybridized carbons (Fsp3) is 0.417. The molecule has 15 heavy (non-hydrogen) atoms. The molecule has 0 saturated carbocycles. The van der Waals surface area contributed by atoms with Gasteiger partial charge in [0.15, 0.2) is 0 Å². The van der Waals surface area contributed by atoms with Crippen molar-refractivity contribution >= 4 is 6.09 Å². The number of carbonyl (C=O) groups is 1. The molecule has 1 aliphatic heterocycles. The minimum atomic E-state index is -0.239. The van der Waals surface area contributed by atoms with Crippen LogP contribution < -0.4 is 0 Å². The third kappa shape index (κ3) is 1.82.